The van der Waals surface area contributed by atoms with Gasteiger partial charge in [-0.2, -0.15) is 0 Å². The molecule has 1 N–H and O–H groups in total. The summed E-state index contributed by atoms with van der Waals surface area (Å²) in [6, 6.07) is 0. The molecule has 14 heavy (non-hydrogen) atoms. The maximum absolute atomic E-state index is 5.54. The standard InChI is InChI=1S/C9H23NO3Si/c1-4-11-14(12-5-2)13-9-7-6-8-10-3/h10,14H,4-9H2,1-3H3. The van der Waals surface area contributed by atoms with Crippen LogP contribution in [-0.2, 0) is 13.3 Å². The number of hydrogen-bond donors (Lipinski definition) is 1. The van der Waals surface area contributed by atoms with E-state index in [1.54, 1.807) is 0 Å². The van der Waals surface area contributed by atoms with Crippen molar-refractivity contribution in [1.29, 1.82) is 0 Å². The van der Waals surface area contributed by atoms with Gasteiger partial charge in [-0.05, 0) is 40.3 Å². The molecule has 0 rings (SSSR count). The quantitative estimate of drug-likeness (QED) is 0.437. The Balaban J connectivity index is 3.30. The SMILES string of the molecule is CCO[SiH](OCC)OCCCCNC. The third-order valence-corrected chi connectivity index (χ3v) is 3.40. The smallest absolute Gasteiger partial charge is 0.376 e. The van der Waals surface area contributed by atoms with Crippen molar-refractivity contribution in [2.24, 2.45) is 0 Å². The summed E-state index contributed by atoms with van der Waals surface area (Å²) in [5.74, 6) is 0. The van der Waals surface area contributed by atoms with E-state index in [-0.39, 0.29) is 0 Å². The third kappa shape index (κ3) is 8.65. The normalized spacial score (nSPS) is 11.1. The molecule has 86 valence electrons. The van der Waals surface area contributed by atoms with Gasteiger partial charge in [0, 0.05) is 19.8 Å². The Morgan fingerprint density at radius 1 is 1.00 bits per heavy atom. The zero-order valence-corrected chi connectivity index (χ0v) is 10.7. The summed E-state index contributed by atoms with van der Waals surface area (Å²) in [7, 11) is 0.151. The van der Waals surface area contributed by atoms with E-state index in [1.807, 2.05) is 20.9 Å². The Kier molecular flexibility index (Phi) is 11.2. The molecule has 0 heterocycles. The van der Waals surface area contributed by atoms with E-state index < -0.39 is 9.53 Å². The van der Waals surface area contributed by atoms with E-state index in [0.29, 0.717) is 13.2 Å². The van der Waals surface area contributed by atoms with Crippen LogP contribution in [0.4, 0.5) is 0 Å². The van der Waals surface area contributed by atoms with Crippen LogP contribution in [0.1, 0.15) is 26.7 Å². The first-order valence-corrected chi connectivity index (χ1v) is 6.76. The first-order chi connectivity index (χ1) is 6.85. The summed E-state index contributed by atoms with van der Waals surface area (Å²) in [5.41, 5.74) is 0. The van der Waals surface area contributed by atoms with E-state index in [2.05, 4.69) is 5.32 Å². The molecule has 0 saturated carbocycles. The fourth-order valence-corrected chi connectivity index (χ4v) is 2.19. The van der Waals surface area contributed by atoms with Gasteiger partial charge in [-0.15, -0.1) is 0 Å². The predicted molar refractivity (Wildman–Crippen MR) is 59.5 cm³/mol. The minimum Gasteiger partial charge on any atom is -0.376 e. The number of hydrogen-bond acceptors (Lipinski definition) is 4. The monoisotopic (exact) mass is 221 g/mol. The van der Waals surface area contributed by atoms with Crippen molar-refractivity contribution in [2.75, 3.05) is 33.4 Å². The molecule has 0 fully saturated rings. The molecule has 0 aliphatic rings. The van der Waals surface area contributed by atoms with Gasteiger partial charge in [0.1, 0.15) is 0 Å². The van der Waals surface area contributed by atoms with Gasteiger partial charge >= 0.3 is 9.53 Å². The summed E-state index contributed by atoms with van der Waals surface area (Å²) >= 11 is 0. The van der Waals surface area contributed by atoms with Crippen LogP contribution in [0.5, 0.6) is 0 Å². The van der Waals surface area contributed by atoms with Gasteiger partial charge in [0.15, 0.2) is 0 Å². The average molecular weight is 221 g/mol. The topological polar surface area (TPSA) is 39.7 Å². The van der Waals surface area contributed by atoms with Crippen molar-refractivity contribution < 1.29 is 13.3 Å². The van der Waals surface area contributed by atoms with Crippen LogP contribution in [0, 0.1) is 0 Å². The van der Waals surface area contributed by atoms with Gasteiger partial charge in [0.2, 0.25) is 0 Å². The Labute approximate surface area is 88.9 Å². The Morgan fingerprint density at radius 2 is 1.64 bits per heavy atom. The van der Waals surface area contributed by atoms with Crippen LogP contribution in [0.2, 0.25) is 0 Å². The van der Waals surface area contributed by atoms with Crippen molar-refractivity contribution in [3.8, 4) is 0 Å². The molecule has 0 unspecified atom stereocenters. The maximum atomic E-state index is 5.54. The van der Waals surface area contributed by atoms with E-state index >= 15 is 0 Å². The van der Waals surface area contributed by atoms with E-state index in [4.69, 9.17) is 13.3 Å². The minimum absolute atomic E-state index is 0.674. The highest BCUT2D eigenvalue weighted by Gasteiger charge is 2.12. The predicted octanol–water partition coefficient (Wildman–Crippen LogP) is 0.793. The van der Waals surface area contributed by atoms with Crippen molar-refractivity contribution in [2.45, 2.75) is 26.7 Å². The van der Waals surface area contributed by atoms with Crippen LogP contribution >= 0.6 is 0 Å². The molecule has 0 aromatic heterocycles. The molecule has 0 amide bonds. The van der Waals surface area contributed by atoms with Crippen molar-refractivity contribution in [1.82, 2.24) is 5.32 Å². The molecule has 4 nitrogen and oxygen atoms in total. The van der Waals surface area contributed by atoms with Gasteiger partial charge in [-0.3, -0.25) is 0 Å². The van der Waals surface area contributed by atoms with Crippen LogP contribution in [0.25, 0.3) is 0 Å². The largest absolute Gasteiger partial charge is 0.484 e. The van der Waals surface area contributed by atoms with Crippen LogP contribution in [0.3, 0.4) is 0 Å². The van der Waals surface area contributed by atoms with Crippen LogP contribution in [0.15, 0.2) is 0 Å². The van der Waals surface area contributed by atoms with Gasteiger partial charge in [0.05, 0.1) is 0 Å². The van der Waals surface area contributed by atoms with Crippen LogP contribution < -0.4 is 5.32 Å². The molecule has 0 saturated heterocycles. The fraction of sp³-hybridized carbons (Fsp3) is 1.00. The molecule has 0 aromatic rings. The molecule has 0 bridgehead atoms. The molecule has 0 atom stereocenters. The highest BCUT2D eigenvalue weighted by Crippen LogP contribution is 1.95. The highest BCUT2D eigenvalue weighted by molar-refractivity contribution is 6.36. The zero-order chi connectivity index (χ0) is 10.6. The molecule has 5 heteroatoms. The minimum atomic E-state index is -1.81. The number of unbranched alkanes of at least 4 members (excludes halogenated alkanes) is 1. The lowest BCUT2D eigenvalue weighted by atomic mass is 10.3. The summed E-state index contributed by atoms with van der Waals surface area (Å²) in [6.45, 7) is 7.06. The van der Waals surface area contributed by atoms with Crippen molar-refractivity contribution in [3.63, 3.8) is 0 Å². The third-order valence-electron chi connectivity index (χ3n) is 1.68. The van der Waals surface area contributed by atoms with Gasteiger partial charge in [-0.25, -0.2) is 0 Å². The van der Waals surface area contributed by atoms with E-state index in [1.165, 1.54) is 0 Å². The average Bonchev–Trinajstić information content (AvgIpc) is 2.18. The highest BCUT2D eigenvalue weighted by atomic mass is 28.3. The summed E-state index contributed by atoms with van der Waals surface area (Å²) in [4.78, 5) is 0. The Hall–Kier alpha value is 0.0569. The van der Waals surface area contributed by atoms with E-state index in [9.17, 15) is 0 Å². The summed E-state index contributed by atoms with van der Waals surface area (Å²) in [6.07, 6.45) is 2.19. The molecule has 0 aliphatic heterocycles. The number of nitrogens with one attached hydrogen (secondary N) is 1. The Bertz CT molecular complexity index is 110. The second-order valence-corrected chi connectivity index (χ2v) is 4.46. The molecule has 0 aromatic carbocycles. The lowest BCUT2D eigenvalue weighted by Crippen LogP contribution is -2.27. The fourth-order valence-electron chi connectivity index (χ4n) is 1.000. The molecule has 0 radical (unpaired) electrons. The zero-order valence-electron chi connectivity index (χ0n) is 9.54. The second kappa shape index (κ2) is 11.1. The van der Waals surface area contributed by atoms with Gasteiger partial charge < -0.3 is 18.6 Å². The van der Waals surface area contributed by atoms with Crippen molar-refractivity contribution in [3.05, 3.63) is 0 Å². The molecule has 0 aliphatic carbocycles. The maximum Gasteiger partial charge on any atom is 0.484 e. The first-order valence-electron chi connectivity index (χ1n) is 5.34. The first kappa shape index (κ1) is 14.1. The number of rotatable bonds is 10. The summed E-state index contributed by atoms with van der Waals surface area (Å²) in [5, 5.41) is 3.10. The van der Waals surface area contributed by atoms with Crippen LogP contribution in [-0.4, -0.2) is 42.9 Å². The lowest BCUT2D eigenvalue weighted by molar-refractivity contribution is 0.101. The molecule has 0 spiro atoms. The van der Waals surface area contributed by atoms with Gasteiger partial charge in [-0.1, -0.05) is 0 Å². The van der Waals surface area contributed by atoms with Crippen molar-refractivity contribution >= 4 is 9.53 Å². The van der Waals surface area contributed by atoms with E-state index in [0.717, 1.165) is 26.0 Å². The summed E-state index contributed by atoms with van der Waals surface area (Å²) < 4.78 is 16.3. The molecular weight excluding hydrogens is 198 g/mol. The second-order valence-electron chi connectivity index (χ2n) is 2.88. The molecular formula is C9H23NO3Si. The lowest BCUT2D eigenvalue weighted by Gasteiger charge is -2.14. The van der Waals surface area contributed by atoms with Gasteiger partial charge in [0.25, 0.3) is 0 Å². The Morgan fingerprint density at radius 3 is 2.14 bits per heavy atom.